The molecule has 1 fully saturated rings. The molecule has 0 amide bonds. The summed E-state index contributed by atoms with van der Waals surface area (Å²) in [5, 5.41) is 17.3. The first-order valence-electron chi connectivity index (χ1n) is 13.4. The number of nitrogens with zero attached hydrogens (tertiary/aromatic N) is 4. The van der Waals surface area contributed by atoms with Crippen molar-refractivity contribution in [1.29, 1.82) is 0 Å². The molecule has 9 nitrogen and oxygen atoms in total. The molecule has 0 aliphatic carbocycles. The lowest BCUT2D eigenvalue weighted by Crippen LogP contribution is -2.42. The number of aromatic nitrogens is 3. The highest BCUT2D eigenvalue weighted by Gasteiger charge is 2.24. The topological polar surface area (TPSA) is 112 Å². The van der Waals surface area contributed by atoms with E-state index >= 15 is 0 Å². The second kappa shape index (κ2) is 12.3. The quantitative estimate of drug-likeness (QED) is 0.300. The van der Waals surface area contributed by atoms with Crippen LogP contribution in [0.3, 0.4) is 0 Å². The predicted molar refractivity (Wildman–Crippen MR) is 144 cm³/mol. The number of anilines is 2. The fourth-order valence-electron chi connectivity index (χ4n) is 5.01. The number of pyridine rings is 1. The van der Waals surface area contributed by atoms with Gasteiger partial charge in [-0.15, -0.1) is 0 Å². The number of benzene rings is 1. The Balaban J connectivity index is 1.15. The van der Waals surface area contributed by atoms with Crippen molar-refractivity contribution in [1.82, 2.24) is 19.9 Å². The van der Waals surface area contributed by atoms with E-state index in [4.69, 9.17) is 9.72 Å². The molecular formula is C28H36N6O3. The molecule has 0 saturated carbocycles. The second-order valence-electron chi connectivity index (χ2n) is 9.94. The summed E-state index contributed by atoms with van der Waals surface area (Å²) < 4.78 is 5.68. The van der Waals surface area contributed by atoms with Crippen molar-refractivity contribution in [3.05, 3.63) is 54.0 Å². The molecule has 0 radical (unpaired) electrons. The number of para-hydroxylation sites is 1. The zero-order valence-electron chi connectivity index (χ0n) is 21.2. The highest BCUT2D eigenvalue weighted by Crippen LogP contribution is 2.22. The second-order valence-corrected chi connectivity index (χ2v) is 9.94. The molecule has 0 spiro atoms. The van der Waals surface area contributed by atoms with Crippen LogP contribution in [0.15, 0.2) is 42.7 Å². The van der Waals surface area contributed by atoms with E-state index in [1.54, 1.807) is 0 Å². The van der Waals surface area contributed by atoms with E-state index in [0.717, 1.165) is 80.8 Å². The van der Waals surface area contributed by atoms with Gasteiger partial charge in [-0.05, 0) is 75.3 Å². The maximum absolute atomic E-state index is 12.1. The van der Waals surface area contributed by atoms with Crippen LogP contribution in [0.5, 0.6) is 0 Å². The average molecular weight is 505 g/mol. The molecule has 1 saturated heterocycles. The summed E-state index contributed by atoms with van der Waals surface area (Å²) in [5.41, 5.74) is 3.24. The zero-order valence-corrected chi connectivity index (χ0v) is 21.2. The summed E-state index contributed by atoms with van der Waals surface area (Å²) in [5.74, 6) is 0.727. The predicted octanol–water partition coefficient (Wildman–Crippen LogP) is 3.75. The third-order valence-corrected chi connectivity index (χ3v) is 7.25. The van der Waals surface area contributed by atoms with Gasteiger partial charge >= 0.3 is 5.97 Å². The van der Waals surface area contributed by atoms with Crippen LogP contribution >= 0.6 is 0 Å². The van der Waals surface area contributed by atoms with E-state index < -0.39 is 12.0 Å². The van der Waals surface area contributed by atoms with Gasteiger partial charge in [0, 0.05) is 37.3 Å². The fraction of sp³-hybridized carbons (Fsp3) is 0.500. The minimum atomic E-state index is -0.880. The Bertz CT molecular complexity index is 1200. The molecular weight excluding hydrogens is 468 g/mol. The van der Waals surface area contributed by atoms with Crippen molar-refractivity contribution in [3.8, 4) is 0 Å². The summed E-state index contributed by atoms with van der Waals surface area (Å²) in [6, 6.07) is 11.3. The van der Waals surface area contributed by atoms with E-state index in [1.807, 2.05) is 24.3 Å². The van der Waals surface area contributed by atoms with Crippen LogP contribution in [0.4, 0.5) is 11.6 Å². The van der Waals surface area contributed by atoms with Crippen molar-refractivity contribution in [2.75, 3.05) is 43.4 Å². The fourth-order valence-corrected chi connectivity index (χ4v) is 5.01. The lowest BCUT2D eigenvalue weighted by molar-refractivity contribution is -0.138. The van der Waals surface area contributed by atoms with Gasteiger partial charge in [-0.25, -0.2) is 19.7 Å². The number of carboxylic acid groups (broad SMARTS) is 1. The Morgan fingerprint density at radius 2 is 2.08 bits per heavy atom. The zero-order chi connectivity index (χ0) is 25.5. The van der Waals surface area contributed by atoms with Crippen LogP contribution < -0.4 is 10.6 Å². The maximum atomic E-state index is 12.1. The van der Waals surface area contributed by atoms with Crippen LogP contribution in [0.25, 0.3) is 10.9 Å². The molecule has 37 heavy (non-hydrogen) atoms. The number of carbonyl (C=O) groups is 1. The number of hydrogen-bond acceptors (Lipinski definition) is 8. The van der Waals surface area contributed by atoms with Gasteiger partial charge in [-0.1, -0.05) is 18.2 Å². The minimum absolute atomic E-state index is 0.246. The van der Waals surface area contributed by atoms with Gasteiger partial charge in [-0.3, -0.25) is 0 Å². The summed E-state index contributed by atoms with van der Waals surface area (Å²) >= 11 is 0. The van der Waals surface area contributed by atoms with E-state index in [9.17, 15) is 9.90 Å². The number of ether oxygens (including phenoxy) is 1. The van der Waals surface area contributed by atoms with E-state index in [2.05, 4.69) is 37.6 Å². The maximum Gasteiger partial charge on any atom is 0.326 e. The van der Waals surface area contributed by atoms with Gasteiger partial charge < -0.3 is 25.4 Å². The van der Waals surface area contributed by atoms with E-state index in [0.29, 0.717) is 18.8 Å². The van der Waals surface area contributed by atoms with E-state index in [-0.39, 0.29) is 6.10 Å². The molecule has 2 aliphatic heterocycles. The molecule has 9 heteroatoms. The molecule has 196 valence electrons. The lowest BCUT2D eigenvalue weighted by atomic mass is 10.1. The van der Waals surface area contributed by atoms with Crippen molar-refractivity contribution in [2.45, 2.75) is 57.1 Å². The Kier molecular flexibility index (Phi) is 8.42. The Morgan fingerprint density at radius 1 is 1.19 bits per heavy atom. The Morgan fingerprint density at radius 3 is 2.92 bits per heavy atom. The number of aryl methyl sites for hydroxylation is 2. The monoisotopic (exact) mass is 504 g/mol. The highest BCUT2D eigenvalue weighted by molar-refractivity contribution is 5.90. The van der Waals surface area contributed by atoms with Crippen LogP contribution in [0.1, 0.15) is 43.4 Å². The number of carboxylic acids is 1. The molecule has 1 aromatic carbocycles. The normalized spacial score (nSPS) is 17.6. The molecule has 5 rings (SSSR count). The van der Waals surface area contributed by atoms with Crippen molar-refractivity contribution < 1.29 is 14.6 Å². The van der Waals surface area contributed by atoms with Crippen LogP contribution in [-0.4, -0.2) is 75.9 Å². The van der Waals surface area contributed by atoms with Crippen LogP contribution in [0.2, 0.25) is 0 Å². The Labute approximate surface area is 217 Å². The molecule has 2 aromatic heterocycles. The van der Waals surface area contributed by atoms with Crippen molar-refractivity contribution in [2.24, 2.45) is 0 Å². The van der Waals surface area contributed by atoms with E-state index in [1.165, 1.54) is 18.3 Å². The summed E-state index contributed by atoms with van der Waals surface area (Å²) in [7, 11) is 0. The summed E-state index contributed by atoms with van der Waals surface area (Å²) in [6.07, 6.45) is 8.54. The molecule has 2 aliphatic rings. The molecule has 2 atom stereocenters. The van der Waals surface area contributed by atoms with Crippen molar-refractivity contribution >= 4 is 28.5 Å². The molecule has 3 N–H and O–H groups in total. The Hall–Kier alpha value is -3.30. The molecule has 0 bridgehead atoms. The first-order valence-corrected chi connectivity index (χ1v) is 13.4. The van der Waals surface area contributed by atoms with Crippen LogP contribution in [0, 0.1) is 0 Å². The number of nitrogens with one attached hydrogen (secondary N) is 2. The third-order valence-electron chi connectivity index (χ3n) is 7.25. The van der Waals surface area contributed by atoms with Crippen molar-refractivity contribution in [3.63, 3.8) is 0 Å². The molecule has 3 aromatic rings. The minimum Gasteiger partial charge on any atom is -0.480 e. The first-order chi connectivity index (χ1) is 18.2. The number of rotatable bonds is 13. The van der Waals surface area contributed by atoms with Gasteiger partial charge in [0.05, 0.1) is 11.6 Å². The summed E-state index contributed by atoms with van der Waals surface area (Å²) in [6.45, 7) is 4.24. The molecule has 4 heterocycles. The van der Waals surface area contributed by atoms with Gasteiger partial charge in [0.2, 0.25) is 0 Å². The largest absolute Gasteiger partial charge is 0.480 e. The molecule has 2 unspecified atom stereocenters. The lowest BCUT2D eigenvalue weighted by Gasteiger charge is -2.33. The summed E-state index contributed by atoms with van der Waals surface area (Å²) in [4.78, 5) is 27.8. The van der Waals surface area contributed by atoms with Gasteiger partial charge in [0.15, 0.2) is 0 Å². The number of aliphatic carboxylic acids is 1. The number of hydrogen-bond donors (Lipinski definition) is 3. The number of unbranched alkanes of at least 4 members (excludes halogenated alkanes) is 1. The smallest absolute Gasteiger partial charge is 0.326 e. The highest BCUT2D eigenvalue weighted by atomic mass is 16.5. The number of fused-ring (bicyclic) bond motifs is 2. The van der Waals surface area contributed by atoms with Gasteiger partial charge in [-0.2, -0.15) is 0 Å². The third kappa shape index (κ3) is 6.72. The van der Waals surface area contributed by atoms with Gasteiger partial charge in [0.1, 0.15) is 24.0 Å². The van der Waals surface area contributed by atoms with Crippen LogP contribution in [-0.2, 0) is 22.4 Å². The SMILES string of the molecule is O=C(O)C(CCN(CCCCc1ccc2c(n1)NCCC2)CC1CCO1)Nc1ncnc2ccccc12. The average Bonchev–Trinajstić information content (AvgIpc) is 2.90. The first kappa shape index (κ1) is 25.4. The standard InChI is InChI=1S/C28H36N6O3/c35-28(36)25(33-27-23-8-1-2-9-24(23)30-19-31-27)12-16-34(18-22-13-17-37-22)15-4-3-7-21-11-10-20-6-5-14-29-26(20)32-21/h1-2,8-11,19,22,25H,3-7,12-18H2,(H,29,32)(H,35,36)(H,30,31,33). The van der Waals surface area contributed by atoms with Gasteiger partial charge in [0.25, 0.3) is 0 Å².